The second kappa shape index (κ2) is 4.93. The zero-order valence-corrected chi connectivity index (χ0v) is 11.5. The Morgan fingerprint density at radius 3 is 2.37 bits per heavy atom. The molecule has 1 heteroatoms. The summed E-state index contributed by atoms with van der Waals surface area (Å²) < 4.78 is 0. The molecule has 0 saturated heterocycles. The fourth-order valence-corrected chi connectivity index (χ4v) is 2.51. The molecule has 1 aliphatic rings. The minimum atomic E-state index is 1.15. The van der Waals surface area contributed by atoms with E-state index in [2.05, 4.69) is 67.7 Å². The Kier molecular flexibility index (Phi) is 3.12. The average Bonchev–Trinajstić information content (AvgIpc) is 2.42. The van der Waals surface area contributed by atoms with Crippen molar-refractivity contribution < 1.29 is 0 Å². The molecule has 0 heterocycles. The van der Waals surface area contributed by atoms with Crippen molar-refractivity contribution in [3.8, 4) is 0 Å². The van der Waals surface area contributed by atoms with E-state index in [-0.39, 0.29) is 0 Å². The molecule has 0 aromatic heterocycles. The second-order valence-electron chi connectivity index (χ2n) is 5.40. The second-order valence-corrected chi connectivity index (χ2v) is 5.40. The Morgan fingerprint density at radius 1 is 0.842 bits per heavy atom. The van der Waals surface area contributed by atoms with E-state index in [0.717, 1.165) is 12.1 Å². The lowest BCUT2D eigenvalue weighted by Gasteiger charge is -2.16. The fourth-order valence-electron chi connectivity index (χ4n) is 2.51. The lowest BCUT2D eigenvalue weighted by atomic mass is 9.92. The van der Waals surface area contributed by atoms with Gasteiger partial charge in [0.1, 0.15) is 0 Å². The van der Waals surface area contributed by atoms with Crippen molar-refractivity contribution in [3.05, 3.63) is 64.7 Å². The van der Waals surface area contributed by atoms with Crippen LogP contribution in [-0.4, -0.2) is 0 Å². The highest BCUT2D eigenvalue weighted by Crippen LogP contribution is 2.27. The quantitative estimate of drug-likeness (QED) is 0.781. The molecule has 1 nitrogen and oxygen atoms in total. The number of aryl methyl sites for hydroxylation is 2. The van der Waals surface area contributed by atoms with Gasteiger partial charge in [0.05, 0.1) is 0 Å². The monoisotopic (exact) mass is 249 g/mol. The first-order valence-electron chi connectivity index (χ1n) is 6.84. The zero-order valence-electron chi connectivity index (χ0n) is 11.5. The van der Waals surface area contributed by atoms with Crippen molar-refractivity contribution in [1.29, 1.82) is 0 Å². The normalized spacial score (nSPS) is 13.7. The van der Waals surface area contributed by atoms with Gasteiger partial charge < -0.3 is 5.32 Å². The first-order valence-corrected chi connectivity index (χ1v) is 6.84. The molecule has 0 unspecified atom stereocenters. The van der Waals surface area contributed by atoms with Gasteiger partial charge in [0.15, 0.2) is 0 Å². The highest BCUT2D eigenvalue weighted by molar-refractivity contribution is 5.67. The van der Waals surface area contributed by atoms with Crippen LogP contribution in [0.2, 0.25) is 0 Å². The SMILES string of the molecule is CC1=Cc2ccc(Nc3ccc(C)cc3)cc2CC1. The van der Waals surface area contributed by atoms with Crippen LogP contribution in [0.5, 0.6) is 0 Å². The summed E-state index contributed by atoms with van der Waals surface area (Å²) in [5, 5.41) is 3.47. The number of benzene rings is 2. The fraction of sp³-hybridized carbons (Fsp3) is 0.222. The molecule has 19 heavy (non-hydrogen) atoms. The maximum atomic E-state index is 3.47. The number of nitrogens with one attached hydrogen (secondary N) is 1. The Morgan fingerprint density at radius 2 is 1.58 bits per heavy atom. The van der Waals surface area contributed by atoms with Crippen LogP contribution in [0.25, 0.3) is 6.08 Å². The van der Waals surface area contributed by atoms with Crippen LogP contribution in [0.4, 0.5) is 11.4 Å². The van der Waals surface area contributed by atoms with E-state index in [1.54, 1.807) is 0 Å². The Balaban J connectivity index is 1.85. The third-order valence-electron chi connectivity index (χ3n) is 3.67. The predicted molar refractivity (Wildman–Crippen MR) is 82.9 cm³/mol. The van der Waals surface area contributed by atoms with Gasteiger partial charge in [-0.15, -0.1) is 0 Å². The van der Waals surface area contributed by atoms with Crippen LogP contribution < -0.4 is 5.32 Å². The summed E-state index contributed by atoms with van der Waals surface area (Å²) >= 11 is 0. The van der Waals surface area contributed by atoms with E-state index in [9.17, 15) is 0 Å². The number of hydrogen-bond acceptors (Lipinski definition) is 1. The molecule has 0 atom stereocenters. The topological polar surface area (TPSA) is 12.0 Å². The molecule has 0 saturated carbocycles. The van der Waals surface area contributed by atoms with E-state index in [1.807, 2.05) is 0 Å². The first kappa shape index (κ1) is 12.0. The largest absolute Gasteiger partial charge is 0.356 e. The van der Waals surface area contributed by atoms with Crippen molar-refractivity contribution in [2.75, 3.05) is 5.32 Å². The molecule has 0 radical (unpaired) electrons. The van der Waals surface area contributed by atoms with E-state index in [1.165, 1.54) is 34.4 Å². The zero-order chi connectivity index (χ0) is 13.2. The third-order valence-corrected chi connectivity index (χ3v) is 3.67. The van der Waals surface area contributed by atoms with E-state index >= 15 is 0 Å². The molecule has 2 aromatic carbocycles. The highest BCUT2D eigenvalue weighted by Gasteiger charge is 2.08. The molecule has 3 rings (SSSR count). The van der Waals surface area contributed by atoms with E-state index < -0.39 is 0 Å². The average molecular weight is 249 g/mol. The molecule has 2 aromatic rings. The van der Waals surface area contributed by atoms with Crippen molar-refractivity contribution in [3.63, 3.8) is 0 Å². The third kappa shape index (κ3) is 2.70. The summed E-state index contributed by atoms with van der Waals surface area (Å²) in [7, 11) is 0. The molecule has 0 fully saturated rings. The summed E-state index contributed by atoms with van der Waals surface area (Å²) in [6.07, 6.45) is 4.64. The lowest BCUT2D eigenvalue weighted by molar-refractivity contribution is 0.928. The molecule has 1 N–H and O–H groups in total. The minimum Gasteiger partial charge on any atom is -0.356 e. The standard InChI is InChI=1S/C18H19N/c1-13-4-8-17(9-5-13)19-18-10-7-15-11-14(2)3-6-16(15)12-18/h4-5,7-12,19H,3,6H2,1-2H3. The Bertz CT molecular complexity index is 621. The molecule has 1 aliphatic carbocycles. The molecular weight excluding hydrogens is 230 g/mol. The number of anilines is 2. The Hall–Kier alpha value is -2.02. The lowest BCUT2D eigenvalue weighted by Crippen LogP contribution is -1.99. The van der Waals surface area contributed by atoms with Gasteiger partial charge in [0, 0.05) is 11.4 Å². The van der Waals surface area contributed by atoms with Gasteiger partial charge >= 0.3 is 0 Å². The van der Waals surface area contributed by atoms with Gasteiger partial charge in [-0.1, -0.05) is 35.4 Å². The number of fused-ring (bicyclic) bond motifs is 1. The van der Waals surface area contributed by atoms with Crippen LogP contribution >= 0.6 is 0 Å². The molecule has 96 valence electrons. The van der Waals surface area contributed by atoms with Crippen molar-refractivity contribution in [2.24, 2.45) is 0 Å². The Labute approximate surface area is 115 Å². The number of allylic oxidation sites excluding steroid dienone is 1. The summed E-state index contributed by atoms with van der Waals surface area (Å²) in [5.41, 5.74) is 7.91. The molecule has 0 amide bonds. The maximum absolute atomic E-state index is 3.47. The molecule has 0 spiro atoms. The van der Waals surface area contributed by atoms with Gasteiger partial charge in [-0.2, -0.15) is 0 Å². The van der Waals surface area contributed by atoms with E-state index in [4.69, 9.17) is 0 Å². The van der Waals surface area contributed by atoms with Gasteiger partial charge in [-0.3, -0.25) is 0 Å². The molecule has 0 aliphatic heterocycles. The molecule has 0 bridgehead atoms. The van der Waals surface area contributed by atoms with Gasteiger partial charge in [0.2, 0.25) is 0 Å². The minimum absolute atomic E-state index is 1.15. The van der Waals surface area contributed by atoms with Crippen molar-refractivity contribution in [1.82, 2.24) is 0 Å². The summed E-state index contributed by atoms with van der Waals surface area (Å²) in [4.78, 5) is 0. The maximum Gasteiger partial charge on any atom is 0.0387 e. The number of hydrogen-bond donors (Lipinski definition) is 1. The molecular formula is C18H19N. The summed E-state index contributed by atoms with van der Waals surface area (Å²) in [6, 6.07) is 15.2. The van der Waals surface area contributed by atoms with Gasteiger partial charge in [-0.25, -0.2) is 0 Å². The van der Waals surface area contributed by atoms with Crippen LogP contribution in [0.1, 0.15) is 30.0 Å². The first-order chi connectivity index (χ1) is 9.20. The van der Waals surface area contributed by atoms with Crippen molar-refractivity contribution >= 4 is 17.5 Å². The van der Waals surface area contributed by atoms with Crippen LogP contribution in [0, 0.1) is 6.92 Å². The van der Waals surface area contributed by atoms with Crippen LogP contribution in [0.3, 0.4) is 0 Å². The van der Waals surface area contributed by atoms with Crippen LogP contribution in [-0.2, 0) is 6.42 Å². The van der Waals surface area contributed by atoms with Crippen LogP contribution in [0.15, 0.2) is 48.0 Å². The van der Waals surface area contributed by atoms with Gasteiger partial charge in [0.25, 0.3) is 0 Å². The summed E-state index contributed by atoms with van der Waals surface area (Å²) in [5.74, 6) is 0. The van der Waals surface area contributed by atoms with Crippen molar-refractivity contribution in [2.45, 2.75) is 26.7 Å². The smallest absolute Gasteiger partial charge is 0.0387 e. The highest BCUT2D eigenvalue weighted by atomic mass is 14.9. The number of rotatable bonds is 2. The predicted octanol–water partition coefficient (Wildman–Crippen LogP) is 5.09. The van der Waals surface area contributed by atoms with E-state index in [0.29, 0.717) is 0 Å². The summed E-state index contributed by atoms with van der Waals surface area (Å²) in [6.45, 7) is 4.32. The van der Waals surface area contributed by atoms with Gasteiger partial charge in [-0.05, 0) is 62.1 Å².